The number of aliphatic imine (C=N–C) groups is 1. The van der Waals surface area contributed by atoms with Crippen molar-refractivity contribution < 1.29 is 0 Å². The summed E-state index contributed by atoms with van der Waals surface area (Å²) < 4.78 is 0. The van der Waals surface area contributed by atoms with Gasteiger partial charge in [0.15, 0.2) is 0 Å². The SMILES string of the molecule is C=C1CC=CC=N1.CC. The molecule has 1 rings (SSSR count). The van der Waals surface area contributed by atoms with Crippen LogP contribution in [0.3, 0.4) is 0 Å². The van der Waals surface area contributed by atoms with Crippen molar-refractivity contribution in [2.24, 2.45) is 4.99 Å². The minimum Gasteiger partial charge on any atom is -0.262 e. The molecule has 0 atom stereocenters. The van der Waals surface area contributed by atoms with E-state index in [0.29, 0.717) is 0 Å². The molecule has 0 spiro atoms. The molecule has 0 N–H and O–H groups in total. The van der Waals surface area contributed by atoms with Crippen molar-refractivity contribution in [2.45, 2.75) is 20.3 Å². The Bertz CT molecular complexity index is 132. The molecule has 0 bridgehead atoms. The molecule has 0 fully saturated rings. The zero-order valence-corrected chi connectivity index (χ0v) is 6.09. The summed E-state index contributed by atoms with van der Waals surface area (Å²) in [6.45, 7) is 7.66. The van der Waals surface area contributed by atoms with E-state index < -0.39 is 0 Å². The summed E-state index contributed by atoms with van der Waals surface area (Å²) in [5.74, 6) is 0. The van der Waals surface area contributed by atoms with E-state index in [1.54, 1.807) is 6.21 Å². The molecule has 1 aliphatic rings. The summed E-state index contributed by atoms with van der Waals surface area (Å²) in [6.07, 6.45) is 6.63. The van der Waals surface area contributed by atoms with Gasteiger partial charge in [0.2, 0.25) is 0 Å². The summed E-state index contributed by atoms with van der Waals surface area (Å²) in [5, 5.41) is 0. The molecule has 50 valence electrons. The maximum absolute atomic E-state index is 3.92. The fourth-order valence-corrected chi connectivity index (χ4v) is 0.466. The highest BCUT2D eigenvalue weighted by Crippen LogP contribution is 2.02. The summed E-state index contributed by atoms with van der Waals surface area (Å²) in [6, 6.07) is 0. The van der Waals surface area contributed by atoms with Gasteiger partial charge in [0.05, 0.1) is 0 Å². The Kier molecular flexibility index (Phi) is 4.79. The van der Waals surface area contributed by atoms with Crippen molar-refractivity contribution in [3.05, 3.63) is 24.4 Å². The first kappa shape index (κ1) is 8.15. The van der Waals surface area contributed by atoms with Gasteiger partial charge in [-0.15, -0.1) is 0 Å². The molecule has 0 aromatic carbocycles. The van der Waals surface area contributed by atoms with E-state index in [-0.39, 0.29) is 0 Å². The van der Waals surface area contributed by atoms with E-state index in [1.165, 1.54) is 0 Å². The lowest BCUT2D eigenvalue weighted by molar-refractivity contribution is 1.17. The number of allylic oxidation sites excluding steroid dienone is 2. The normalized spacial score (nSPS) is 14.7. The van der Waals surface area contributed by atoms with E-state index in [1.807, 2.05) is 26.0 Å². The van der Waals surface area contributed by atoms with Gasteiger partial charge in [0.25, 0.3) is 0 Å². The van der Waals surface area contributed by atoms with E-state index in [9.17, 15) is 0 Å². The molecule has 0 saturated carbocycles. The Morgan fingerprint density at radius 2 is 2.22 bits per heavy atom. The lowest BCUT2D eigenvalue weighted by atomic mass is 10.3. The Balaban J connectivity index is 0.000000291. The standard InChI is InChI=1S/C6H7N.C2H6/c1-6-4-2-3-5-7-6;1-2/h2-3,5H,1,4H2;1-2H3. The Hall–Kier alpha value is -0.850. The van der Waals surface area contributed by atoms with Crippen LogP contribution in [0.25, 0.3) is 0 Å². The lowest BCUT2D eigenvalue weighted by Gasteiger charge is -1.94. The number of hydrogen-bond acceptors (Lipinski definition) is 1. The van der Waals surface area contributed by atoms with Crippen molar-refractivity contribution >= 4 is 6.21 Å². The third-order valence-corrected chi connectivity index (χ3v) is 0.833. The first-order valence-electron chi connectivity index (χ1n) is 3.26. The van der Waals surface area contributed by atoms with Gasteiger partial charge in [-0.25, -0.2) is 0 Å². The van der Waals surface area contributed by atoms with Crippen molar-refractivity contribution in [1.82, 2.24) is 0 Å². The third kappa shape index (κ3) is 3.71. The van der Waals surface area contributed by atoms with Crippen LogP contribution in [0.2, 0.25) is 0 Å². The number of hydrogen-bond donors (Lipinski definition) is 0. The molecule has 0 unspecified atom stereocenters. The van der Waals surface area contributed by atoms with Gasteiger partial charge >= 0.3 is 0 Å². The van der Waals surface area contributed by atoms with Crippen LogP contribution in [0.1, 0.15) is 20.3 Å². The van der Waals surface area contributed by atoms with Crippen LogP contribution in [0.4, 0.5) is 0 Å². The monoisotopic (exact) mass is 123 g/mol. The average molecular weight is 123 g/mol. The number of rotatable bonds is 0. The van der Waals surface area contributed by atoms with Gasteiger partial charge < -0.3 is 0 Å². The minimum absolute atomic E-state index is 0.913. The minimum atomic E-state index is 0.913. The Morgan fingerprint density at radius 3 is 2.44 bits per heavy atom. The largest absolute Gasteiger partial charge is 0.262 e. The Labute approximate surface area is 56.8 Å². The van der Waals surface area contributed by atoms with Crippen LogP contribution in [-0.2, 0) is 0 Å². The highest BCUT2D eigenvalue weighted by molar-refractivity contribution is 5.73. The average Bonchev–Trinajstić information content (AvgIpc) is 1.94. The maximum Gasteiger partial charge on any atom is 0.0369 e. The predicted octanol–water partition coefficient (Wildman–Crippen LogP) is 2.56. The second-order valence-corrected chi connectivity index (χ2v) is 1.48. The van der Waals surface area contributed by atoms with E-state index in [4.69, 9.17) is 0 Å². The number of nitrogens with zero attached hydrogens (tertiary/aromatic N) is 1. The van der Waals surface area contributed by atoms with Gasteiger partial charge in [0.1, 0.15) is 0 Å². The highest BCUT2D eigenvalue weighted by atomic mass is 14.7. The first-order valence-corrected chi connectivity index (χ1v) is 3.26. The van der Waals surface area contributed by atoms with Crippen molar-refractivity contribution in [2.75, 3.05) is 0 Å². The van der Waals surface area contributed by atoms with Gasteiger partial charge in [-0.3, -0.25) is 4.99 Å². The predicted molar refractivity (Wildman–Crippen MR) is 42.7 cm³/mol. The van der Waals surface area contributed by atoms with Crippen molar-refractivity contribution in [3.63, 3.8) is 0 Å². The molecule has 0 saturated heterocycles. The van der Waals surface area contributed by atoms with Crippen LogP contribution in [0.5, 0.6) is 0 Å². The fourth-order valence-electron chi connectivity index (χ4n) is 0.466. The first-order chi connectivity index (χ1) is 4.39. The summed E-state index contributed by atoms with van der Waals surface area (Å²) in [5.41, 5.74) is 0.947. The maximum atomic E-state index is 3.92. The van der Waals surface area contributed by atoms with Crippen LogP contribution < -0.4 is 0 Å². The summed E-state index contributed by atoms with van der Waals surface area (Å²) in [4.78, 5) is 3.92. The topological polar surface area (TPSA) is 12.4 Å². The summed E-state index contributed by atoms with van der Waals surface area (Å²) in [7, 11) is 0. The third-order valence-electron chi connectivity index (χ3n) is 0.833. The highest BCUT2D eigenvalue weighted by Gasteiger charge is 1.86. The van der Waals surface area contributed by atoms with Crippen LogP contribution >= 0.6 is 0 Å². The molecule has 0 aromatic heterocycles. The van der Waals surface area contributed by atoms with E-state index >= 15 is 0 Å². The van der Waals surface area contributed by atoms with Gasteiger partial charge in [-0.2, -0.15) is 0 Å². The molecular weight excluding hydrogens is 110 g/mol. The molecular formula is C8H13N. The second kappa shape index (κ2) is 5.29. The van der Waals surface area contributed by atoms with Crippen LogP contribution in [0, 0.1) is 0 Å². The van der Waals surface area contributed by atoms with Crippen LogP contribution in [-0.4, -0.2) is 6.21 Å². The number of dihydropyridines is 1. The molecule has 0 radical (unpaired) electrons. The molecule has 1 heteroatoms. The quantitative estimate of drug-likeness (QED) is 0.469. The zero-order chi connectivity index (χ0) is 7.11. The van der Waals surface area contributed by atoms with Crippen molar-refractivity contribution in [1.29, 1.82) is 0 Å². The van der Waals surface area contributed by atoms with E-state index in [2.05, 4.69) is 11.6 Å². The van der Waals surface area contributed by atoms with Gasteiger partial charge in [-0.1, -0.05) is 26.5 Å². The molecule has 0 aromatic rings. The van der Waals surface area contributed by atoms with E-state index in [0.717, 1.165) is 12.1 Å². The smallest absolute Gasteiger partial charge is 0.0369 e. The molecule has 1 nitrogen and oxygen atoms in total. The molecule has 1 aliphatic heterocycles. The Morgan fingerprint density at radius 1 is 1.56 bits per heavy atom. The molecule has 0 aliphatic carbocycles. The fraction of sp³-hybridized carbons (Fsp3) is 0.375. The second-order valence-electron chi connectivity index (χ2n) is 1.48. The molecule has 0 amide bonds. The van der Waals surface area contributed by atoms with Crippen molar-refractivity contribution in [3.8, 4) is 0 Å². The van der Waals surface area contributed by atoms with Gasteiger partial charge in [-0.05, 0) is 6.08 Å². The van der Waals surface area contributed by atoms with Crippen LogP contribution in [0.15, 0.2) is 29.4 Å². The zero-order valence-electron chi connectivity index (χ0n) is 6.09. The molecule has 9 heavy (non-hydrogen) atoms. The summed E-state index contributed by atoms with van der Waals surface area (Å²) >= 11 is 0. The van der Waals surface area contributed by atoms with Gasteiger partial charge in [0, 0.05) is 18.3 Å². The lowest BCUT2D eigenvalue weighted by Crippen LogP contribution is -1.79. The molecule has 1 heterocycles.